The predicted molar refractivity (Wildman–Crippen MR) is 113 cm³/mol. The van der Waals surface area contributed by atoms with Crippen molar-refractivity contribution in [2.24, 2.45) is 5.92 Å². The van der Waals surface area contributed by atoms with Crippen LogP contribution in [0.15, 0.2) is 42.5 Å². The minimum Gasteiger partial charge on any atom is -0.387 e. The first-order valence-electron chi connectivity index (χ1n) is 10.6. The number of carbonyl (C=O) groups is 1. The lowest BCUT2D eigenvalue weighted by Crippen LogP contribution is -2.37. The summed E-state index contributed by atoms with van der Waals surface area (Å²) < 4.78 is 13.5. The Balaban J connectivity index is 1.51. The van der Waals surface area contributed by atoms with Gasteiger partial charge in [0.2, 0.25) is 0 Å². The Morgan fingerprint density at radius 2 is 2.07 bits per heavy atom. The number of β-amino-alcohol motifs (C(OH)–C–C–N with tert-alkyl or cyclic N) is 1. The van der Waals surface area contributed by atoms with Crippen molar-refractivity contribution in [1.82, 2.24) is 4.90 Å². The van der Waals surface area contributed by atoms with E-state index in [1.807, 2.05) is 18.2 Å². The summed E-state index contributed by atoms with van der Waals surface area (Å²) in [6.45, 7) is 5.62. The fourth-order valence-electron chi connectivity index (χ4n) is 4.62. The molecule has 0 aromatic heterocycles. The third-order valence-electron chi connectivity index (χ3n) is 6.10. The van der Waals surface area contributed by atoms with Gasteiger partial charge in [0.05, 0.1) is 6.10 Å². The van der Waals surface area contributed by atoms with E-state index in [2.05, 4.69) is 11.8 Å². The number of carbonyl (C=O) groups excluding carboxylic acids is 1. The van der Waals surface area contributed by atoms with Gasteiger partial charge in [-0.15, -0.1) is 0 Å². The average Bonchev–Trinajstić information content (AvgIpc) is 2.72. The summed E-state index contributed by atoms with van der Waals surface area (Å²) in [4.78, 5) is 17.0. The zero-order valence-electron chi connectivity index (χ0n) is 17.0. The molecule has 0 radical (unpaired) electrons. The molecule has 2 aromatic rings. The number of hydrogen-bond acceptors (Lipinski definition) is 3. The highest BCUT2D eigenvalue weighted by atomic mass is 19.1. The number of aliphatic hydroxyl groups is 1. The minimum absolute atomic E-state index is 0.180. The molecule has 0 unspecified atom stereocenters. The van der Waals surface area contributed by atoms with Gasteiger partial charge < -0.3 is 14.9 Å². The summed E-state index contributed by atoms with van der Waals surface area (Å²) in [6.07, 6.45) is 3.66. The van der Waals surface area contributed by atoms with E-state index in [0.29, 0.717) is 24.6 Å². The van der Waals surface area contributed by atoms with Crippen LogP contribution in [0.4, 0.5) is 10.1 Å². The van der Waals surface area contributed by atoms with E-state index in [9.17, 15) is 14.3 Å². The molecule has 0 bridgehead atoms. The second-order valence-electron chi connectivity index (χ2n) is 8.48. The van der Waals surface area contributed by atoms with Crippen molar-refractivity contribution < 1.29 is 14.3 Å². The summed E-state index contributed by atoms with van der Waals surface area (Å²) >= 11 is 0. The van der Waals surface area contributed by atoms with Gasteiger partial charge in [-0.05, 0) is 73.5 Å². The molecule has 2 aliphatic heterocycles. The zero-order chi connectivity index (χ0) is 20.4. The molecule has 1 N–H and O–H groups in total. The molecule has 2 heterocycles. The highest BCUT2D eigenvalue weighted by Crippen LogP contribution is 2.31. The van der Waals surface area contributed by atoms with Gasteiger partial charge >= 0.3 is 0 Å². The number of piperidine rings is 1. The van der Waals surface area contributed by atoms with Crippen LogP contribution >= 0.6 is 0 Å². The maximum Gasteiger partial charge on any atom is 0.258 e. The van der Waals surface area contributed by atoms with Crippen LogP contribution in [0.25, 0.3) is 0 Å². The van der Waals surface area contributed by atoms with Gasteiger partial charge in [0.15, 0.2) is 0 Å². The minimum atomic E-state index is -0.528. The molecule has 1 fully saturated rings. The highest BCUT2D eigenvalue weighted by Gasteiger charge is 2.25. The molecule has 0 aliphatic carbocycles. The molecule has 2 aromatic carbocycles. The van der Waals surface area contributed by atoms with E-state index in [1.54, 1.807) is 17.0 Å². The number of likely N-dealkylation sites (tertiary alicyclic amines) is 1. The van der Waals surface area contributed by atoms with Crippen LogP contribution in [-0.4, -0.2) is 42.1 Å². The van der Waals surface area contributed by atoms with Crippen LogP contribution < -0.4 is 4.90 Å². The van der Waals surface area contributed by atoms with Crippen molar-refractivity contribution in [3.05, 3.63) is 65.0 Å². The summed E-state index contributed by atoms with van der Waals surface area (Å²) in [7, 11) is 0. The third-order valence-corrected chi connectivity index (χ3v) is 6.10. The number of rotatable bonds is 4. The van der Waals surface area contributed by atoms with Crippen molar-refractivity contribution in [2.75, 3.05) is 31.1 Å². The third kappa shape index (κ3) is 4.51. The topological polar surface area (TPSA) is 43.8 Å². The number of halogens is 1. The lowest BCUT2D eigenvalue weighted by atomic mass is 9.95. The van der Waals surface area contributed by atoms with Crippen LogP contribution in [0.1, 0.15) is 53.8 Å². The maximum atomic E-state index is 13.5. The van der Waals surface area contributed by atoms with E-state index >= 15 is 0 Å². The molecule has 4 rings (SSSR count). The number of nitrogens with zero attached hydrogens (tertiary/aromatic N) is 2. The van der Waals surface area contributed by atoms with Gasteiger partial charge in [-0.25, -0.2) is 4.39 Å². The molecule has 0 spiro atoms. The summed E-state index contributed by atoms with van der Waals surface area (Å²) in [6, 6.07) is 11.7. The standard InChI is InChI=1S/C24H29FN2O2/c1-17-5-3-11-26(15-17)16-23(28)19-9-10-22-18(13-19)7-4-12-27(22)24(29)20-6-2-8-21(25)14-20/h2,6,8-10,13-14,17,23,28H,3-5,7,11-12,15-16H2,1H3/t17-,23+/m0/s1. The summed E-state index contributed by atoms with van der Waals surface area (Å²) in [5, 5.41) is 10.8. The number of fused-ring (bicyclic) bond motifs is 1. The van der Waals surface area contributed by atoms with E-state index in [-0.39, 0.29) is 5.91 Å². The van der Waals surface area contributed by atoms with Gasteiger partial charge in [-0.3, -0.25) is 4.79 Å². The zero-order valence-corrected chi connectivity index (χ0v) is 17.0. The lowest BCUT2D eigenvalue weighted by molar-refractivity contribution is 0.0875. The Kier molecular flexibility index (Phi) is 5.97. The lowest BCUT2D eigenvalue weighted by Gasteiger charge is -2.33. The Hall–Kier alpha value is -2.24. The predicted octanol–water partition coefficient (Wildman–Crippen LogP) is 4.18. The largest absolute Gasteiger partial charge is 0.387 e. The molecule has 1 amide bonds. The van der Waals surface area contributed by atoms with Crippen molar-refractivity contribution >= 4 is 11.6 Å². The molecule has 2 aliphatic rings. The fraction of sp³-hybridized carbons (Fsp3) is 0.458. The maximum absolute atomic E-state index is 13.5. The quantitative estimate of drug-likeness (QED) is 0.843. The fourth-order valence-corrected chi connectivity index (χ4v) is 4.62. The van der Waals surface area contributed by atoms with Crippen LogP contribution in [-0.2, 0) is 6.42 Å². The molecular formula is C24H29FN2O2. The molecule has 1 saturated heterocycles. The number of hydrogen-bond donors (Lipinski definition) is 1. The van der Waals surface area contributed by atoms with Crippen LogP contribution in [0.2, 0.25) is 0 Å². The first-order valence-corrected chi connectivity index (χ1v) is 10.6. The van der Waals surface area contributed by atoms with Crippen LogP contribution in [0.5, 0.6) is 0 Å². The summed E-state index contributed by atoms with van der Waals surface area (Å²) in [5.41, 5.74) is 3.21. The highest BCUT2D eigenvalue weighted by molar-refractivity contribution is 6.06. The number of benzene rings is 2. The first kappa shape index (κ1) is 20.0. The van der Waals surface area contributed by atoms with E-state index in [1.165, 1.54) is 25.0 Å². The summed E-state index contributed by atoms with van der Waals surface area (Å²) in [5.74, 6) is 0.0986. The molecule has 0 saturated carbocycles. The molecule has 2 atom stereocenters. The Morgan fingerprint density at radius 1 is 1.21 bits per heavy atom. The first-order chi connectivity index (χ1) is 14.0. The second kappa shape index (κ2) is 8.64. The van der Waals surface area contributed by atoms with Gasteiger partial charge in [-0.1, -0.05) is 25.1 Å². The Labute approximate surface area is 171 Å². The van der Waals surface area contributed by atoms with Crippen LogP contribution in [0, 0.1) is 11.7 Å². The number of anilines is 1. The van der Waals surface area contributed by atoms with Crippen molar-refractivity contribution in [2.45, 2.75) is 38.7 Å². The van der Waals surface area contributed by atoms with Gasteiger partial charge in [-0.2, -0.15) is 0 Å². The van der Waals surface area contributed by atoms with E-state index < -0.39 is 11.9 Å². The SMILES string of the molecule is C[C@H]1CCCN(C[C@@H](O)c2ccc3c(c2)CCCN3C(=O)c2cccc(F)c2)C1. The van der Waals surface area contributed by atoms with E-state index in [4.69, 9.17) is 0 Å². The number of aryl methyl sites for hydroxylation is 1. The van der Waals surface area contributed by atoms with Crippen molar-refractivity contribution in [1.29, 1.82) is 0 Å². The smallest absolute Gasteiger partial charge is 0.258 e. The number of aliphatic hydroxyl groups excluding tert-OH is 1. The Bertz CT molecular complexity index is 885. The second-order valence-corrected chi connectivity index (χ2v) is 8.48. The molecule has 154 valence electrons. The van der Waals surface area contributed by atoms with Gasteiger partial charge in [0.25, 0.3) is 5.91 Å². The monoisotopic (exact) mass is 396 g/mol. The molecule has 5 heteroatoms. The molecule has 4 nitrogen and oxygen atoms in total. The molecular weight excluding hydrogens is 367 g/mol. The normalized spacial score (nSPS) is 20.9. The van der Waals surface area contributed by atoms with Gasteiger partial charge in [0, 0.05) is 30.9 Å². The van der Waals surface area contributed by atoms with E-state index in [0.717, 1.165) is 42.7 Å². The average molecular weight is 397 g/mol. The molecule has 29 heavy (non-hydrogen) atoms. The van der Waals surface area contributed by atoms with Gasteiger partial charge in [0.1, 0.15) is 5.82 Å². The van der Waals surface area contributed by atoms with Crippen molar-refractivity contribution in [3.63, 3.8) is 0 Å². The van der Waals surface area contributed by atoms with Crippen LogP contribution in [0.3, 0.4) is 0 Å². The number of amides is 1. The Morgan fingerprint density at radius 3 is 2.86 bits per heavy atom. The van der Waals surface area contributed by atoms with Crippen molar-refractivity contribution in [3.8, 4) is 0 Å².